The van der Waals surface area contributed by atoms with Crippen LogP contribution >= 0.6 is 0 Å². The van der Waals surface area contributed by atoms with E-state index in [1.807, 2.05) is 13.8 Å². The zero-order valence-corrected chi connectivity index (χ0v) is 21.6. The van der Waals surface area contributed by atoms with Gasteiger partial charge in [-0.25, -0.2) is 13.6 Å². The van der Waals surface area contributed by atoms with Crippen LogP contribution in [0.5, 0.6) is 0 Å². The molecular weight excluding hydrogens is 508 g/mol. The van der Waals surface area contributed by atoms with Crippen LogP contribution in [0.2, 0.25) is 0 Å². The SMILES string of the molecule is CC(C)C[C@@H](C(=O)N1C[C@]2(C[C@H]1C#N)OC(=O)Nc1ccccc12)N(C)C(=O)c1cc2c(F)cc(F)cc2[nH]1. The van der Waals surface area contributed by atoms with Gasteiger partial charge in [-0.3, -0.25) is 14.9 Å². The molecule has 1 aromatic heterocycles. The highest BCUT2D eigenvalue weighted by Gasteiger charge is 2.54. The van der Waals surface area contributed by atoms with Crippen LogP contribution in [0.15, 0.2) is 42.5 Å². The van der Waals surface area contributed by atoms with Gasteiger partial charge >= 0.3 is 6.09 Å². The number of carbonyl (C=O) groups is 3. The summed E-state index contributed by atoms with van der Waals surface area (Å²) < 4.78 is 33.7. The number of amides is 3. The Morgan fingerprint density at radius 1 is 1.26 bits per heavy atom. The molecule has 0 unspecified atom stereocenters. The average Bonchev–Trinajstić information content (AvgIpc) is 3.48. The quantitative estimate of drug-likeness (QED) is 0.498. The highest BCUT2D eigenvalue weighted by atomic mass is 19.1. The lowest BCUT2D eigenvalue weighted by molar-refractivity contribution is -0.137. The van der Waals surface area contributed by atoms with E-state index in [1.165, 1.54) is 22.9 Å². The fourth-order valence-corrected chi connectivity index (χ4v) is 5.52. The van der Waals surface area contributed by atoms with Crippen molar-refractivity contribution in [3.8, 4) is 6.07 Å². The van der Waals surface area contributed by atoms with E-state index >= 15 is 0 Å². The zero-order valence-electron chi connectivity index (χ0n) is 21.6. The number of nitriles is 1. The van der Waals surface area contributed by atoms with Crippen LogP contribution in [0, 0.1) is 28.9 Å². The Morgan fingerprint density at radius 2 is 2.00 bits per heavy atom. The van der Waals surface area contributed by atoms with E-state index < -0.39 is 47.2 Å². The van der Waals surface area contributed by atoms with E-state index in [0.29, 0.717) is 11.3 Å². The van der Waals surface area contributed by atoms with Crippen molar-refractivity contribution in [1.82, 2.24) is 14.8 Å². The molecule has 2 aromatic carbocycles. The molecule has 2 N–H and O–H groups in total. The summed E-state index contributed by atoms with van der Waals surface area (Å²) in [5.41, 5.74) is 0.118. The second-order valence-electron chi connectivity index (χ2n) is 10.5. The summed E-state index contributed by atoms with van der Waals surface area (Å²) in [5, 5.41) is 12.7. The zero-order chi connectivity index (χ0) is 28.1. The fraction of sp³-hybridized carbons (Fsp3) is 0.357. The summed E-state index contributed by atoms with van der Waals surface area (Å²) in [6.45, 7) is 3.75. The summed E-state index contributed by atoms with van der Waals surface area (Å²) in [6, 6.07) is 10.5. The molecule has 2 aliphatic rings. The second-order valence-corrected chi connectivity index (χ2v) is 10.5. The van der Waals surface area contributed by atoms with Crippen molar-refractivity contribution in [2.45, 2.75) is 44.4 Å². The number of aromatic nitrogens is 1. The molecule has 1 saturated heterocycles. The van der Waals surface area contributed by atoms with Crippen LogP contribution in [0.25, 0.3) is 10.9 Å². The first-order valence-corrected chi connectivity index (χ1v) is 12.6. The number of anilines is 1. The number of H-pyrrole nitrogens is 1. The summed E-state index contributed by atoms with van der Waals surface area (Å²) in [7, 11) is 1.46. The van der Waals surface area contributed by atoms with Crippen molar-refractivity contribution >= 4 is 34.5 Å². The molecule has 2 aliphatic heterocycles. The second kappa shape index (κ2) is 9.69. The lowest BCUT2D eigenvalue weighted by Crippen LogP contribution is -2.52. The first-order valence-electron chi connectivity index (χ1n) is 12.6. The monoisotopic (exact) mass is 535 g/mol. The standard InChI is InChI=1S/C28H27F2N5O4/c1-15(2)8-24(34(3)25(36)23-11-18-20(30)9-16(29)10-22(18)32-23)26(37)35-14-28(12-17(35)13-31)19-6-4-5-7-21(19)33-27(38)39-28/h4-7,9-11,15,17,24,32H,8,12,14H2,1-3H3,(H,33,38)/t17-,24-,28-/m0/s1. The maximum Gasteiger partial charge on any atom is 0.412 e. The maximum absolute atomic E-state index is 14.3. The van der Waals surface area contributed by atoms with Gasteiger partial charge in [-0.2, -0.15) is 5.26 Å². The average molecular weight is 536 g/mol. The van der Waals surface area contributed by atoms with Gasteiger partial charge < -0.3 is 19.5 Å². The minimum atomic E-state index is -1.21. The molecule has 1 fully saturated rings. The van der Waals surface area contributed by atoms with E-state index in [1.54, 1.807) is 24.3 Å². The third-order valence-electron chi connectivity index (χ3n) is 7.35. The van der Waals surface area contributed by atoms with E-state index in [2.05, 4.69) is 16.4 Å². The fourth-order valence-electron chi connectivity index (χ4n) is 5.52. The Hall–Kier alpha value is -4.46. The molecular formula is C28H27F2N5O4. The summed E-state index contributed by atoms with van der Waals surface area (Å²) >= 11 is 0. The minimum absolute atomic E-state index is 0.00186. The number of carbonyl (C=O) groups excluding carboxylic acids is 3. The van der Waals surface area contributed by atoms with Crippen molar-refractivity contribution in [2.24, 2.45) is 5.92 Å². The van der Waals surface area contributed by atoms with Gasteiger partial charge in [0.15, 0.2) is 5.60 Å². The molecule has 9 nitrogen and oxygen atoms in total. The summed E-state index contributed by atoms with van der Waals surface area (Å²) in [6.07, 6.45) is -0.309. The molecule has 0 saturated carbocycles. The van der Waals surface area contributed by atoms with Crippen molar-refractivity contribution in [2.75, 3.05) is 18.9 Å². The highest BCUT2D eigenvalue weighted by Crippen LogP contribution is 2.45. The number of likely N-dealkylation sites (N-methyl/N-ethyl adjacent to an activating group) is 1. The van der Waals surface area contributed by atoms with Gasteiger partial charge in [0.1, 0.15) is 29.4 Å². The van der Waals surface area contributed by atoms with Gasteiger partial charge in [0, 0.05) is 30.5 Å². The Kier molecular flexibility index (Phi) is 6.50. The maximum atomic E-state index is 14.3. The van der Waals surface area contributed by atoms with Gasteiger partial charge in [-0.15, -0.1) is 0 Å². The number of halogens is 2. The number of fused-ring (bicyclic) bond motifs is 3. The molecule has 1 spiro atoms. The van der Waals surface area contributed by atoms with Crippen molar-refractivity contribution in [1.29, 1.82) is 5.26 Å². The van der Waals surface area contributed by atoms with E-state index in [0.717, 1.165) is 12.1 Å². The van der Waals surface area contributed by atoms with Gasteiger partial charge in [0.05, 0.1) is 23.8 Å². The van der Waals surface area contributed by atoms with Gasteiger partial charge in [0.25, 0.3) is 5.91 Å². The number of nitrogens with zero attached hydrogens (tertiary/aromatic N) is 3. The van der Waals surface area contributed by atoms with Gasteiger partial charge in [-0.1, -0.05) is 32.0 Å². The molecule has 3 heterocycles. The molecule has 0 aliphatic carbocycles. The molecule has 0 bridgehead atoms. The molecule has 5 rings (SSSR count). The van der Waals surface area contributed by atoms with Crippen LogP contribution in [-0.4, -0.2) is 58.4 Å². The molecule has 3 amide bonds. The van der Waals surface area contributed by atoms with Gasteiger partial charge in [0.2, 0.25) is 5.91 Å². The molecule has 202 valence electrons. The largest absolute Gasteiger partial charge is 0.436 e. The number of likely N-dealkylation sites (tertiary alicyclic amines) is 1. The Bertz CT molecular complexity index is 1530. The van der Waals surface area contributed by atoms with Crippen molar-refractivity contribution in [3.63, 3.8) is 0 Å². The third kappa shape index (κ3) is 4.56. The van der Waals surface area contributed by atoms with Gasteiger partial charge in [-0.05, 0) is 30.5 Å². The first-order chi connectivity index (χ1) is 18.5. The number of hydrogen-bond acceptors (Lipinski definition) is 5. The number of nitrogens with one attached hydrogen (secondary N) is 2. The van der Waals surface area contributed by atoms with E-state index in [4.69, 9.17) is 4.74 Å². The van der Waals surface area contributed by atoms with Crippen LogP contribution in [0.3, 0.4) is 0 Å². The number of rotatable bonds is 5. The number of benzene rings is 2. The van der Waals surface area contributed by atoms with E-state index in [-0.39, 0.29) is 41.9 Å². The smallest absolute Gasteiger partial charge is 0.412 e. The Balaban J connectivity index is 1.47. The normalized spacial score (nSPS) is 20.9. The molecule has 39 heavy (non-hydrogen) atoms. The minimum Gasteiger partial charge on any atom is -0.436 e. The number of para-hydroxylation sites is 1. The molecule has 3 atom stereocenters. The topological polar surface area (TPSA) is 119 Å². The lowest BCUT2D eigenvalue weighted by atomic mass is 9.88. The third-order valence-corrected chi connectivity index (χ3v) is 7.35. The predicted octanol–water partition coefficient (Wildman–Crippen LogP) is 4.51. The number of ether oxygens (including phenoxy) is 1. The number of aromatic amines is 1. The molecule has 0 radical (unpaired) electrons. The summed E-state index contributed by atoms with van der Waals surface area (Å²) in [4.78, 5) is 45.2. The summed E-state index contributed by atoms with van der Waals surface area (Å²) in [5.74, 6) is -2.66. The Labute approximate surface area is 223 Å². The predicted molar refractivity (Wildman–Crippen MR) is 138 cm³/mol. The molecule has 11 heteroatoms. The Morgan fingerprint density at radius 3 is 2.72 bits per heavy atom. The van der Waals surface area contributed by atoms with Crippen LogP contribution < -0.4 is 5.32 Å². The highest BCUT2D eigenvalue weighted by molar-refractivity contribution is 6.00. The van der Waals surface area contributed by atoms with E-state index in [9.17, 15) is 28.4 Å². The van der Waals surface area contributed by atoms with Crippen LogP contribution in [-0.2, 0) is 15.1 Å². The molecule has 3 aromatic rings. The van der Waals surface area contributed by atoms with Crippen molar-refractivity contribution in [3.05, 3.63) is 65.4 Å². The van der Waals surface area contributed by atoms with Crippen LogP contribution in [0.1, 0.15) is 42.7 Å². The first kappa shape index (κ1) is 26.2. The van der Waals surface area contributed by atoms with Crippen molar-refractivity contribution < 1.29 is 27.9 Å². The number of hydrogen-bond donors (Lipinski definition) is 2. The van der Waals surface area contributed by atoms with Crippen LogP contribution in [0.4, 0.5) is 19.3 Å². The lowest BCUT2D eigenvalue weighted by Gasteiger charge is -2.36.